The third kappa shape index (κ3) is 3.76. The lowest BCUT2D eigenvalue weighted by atomic mass is 9.94. The van der Waals surface area contributed by atoms with Gasteiger partial charge in [-0.2, -0.15) is 0 Å². The molecule has 3 aromatic rings. The fourth-order valence-corrected chi connectivity index (χ4v) is 4.33. The lowest BCUT2D eigenvalue weighted by Gasteiger charge is -2.23. The Hall–Kier alpha value is -3.99. The van der Waals surface area contributed by atoms with Crippen LogP contribution in [0.2, 0.25) is 0 Å². The summed E-state index contributed by atoms with van der Waals surface area (Å²) in [6, 6.07) is 25.6. The Bertz CT molecular complexity index is 1460. The number of hydrogen-bond donors (Lipinski definition) is 1. The maximum absolute atomic E-state index is 5.12. The largest absolute Gasteiger partial charge is 0.352 e. The van der Waals surface area contributed by atoms with Gasteiger partial charge in [0.1, 0.15) is 0 Å². The van der Waals surface area contributed by atoms with E-state index < -0.39 is 0 Å². The van der Waals surface area contributed by atoms with E-state index in [1.807, 2.05) is 24.4 Å². The summed E-state index contributed by atoms with van der Waals surface area (Å²) in [5.74, 6) is 0. The topological polar surface area (TPSA) is 55.1 Å². The Morgan fingerprint density at radius 1 is 0.970 bits per heavy atom. The van der Waals surface area contributed by atoms with Gasteiger partial charge in [-0.25, -0.2) is 4.98 Å². The average Bonchev–Trinajstić information content (AvgIpc) is 2.81. The zero-order valence-corrected chi connectivity index (χ0v) is 18.6. The van der Waals surface area contributed by atoms with E-state index in [1.54, 1.807) is 6.20 Å². The van der Waals surface area contributed by atoms with Crippen molar-refractivity contribution in [3.05, 3.63) is 96.1 Å². The number of para-hydroxylation sites is 2. The van der Waals surface area contributed by atoms with Crippen LogP contribution in [0.25, 0.3) is 28.1 Å². The zero-order chi connectivity index (χ0) is 22.2. The molecule has 1 N–H and O–H groups in total. The Kier molecular flexibility index (Phi) is 4.87. The minimum Gasteiger partial charge on any atom is -0.352 e. The van der Waals surface area contributed by atoms with Crippen LogP contribution in [-0.4, -0.2) is 20.6 Å². The van der Waals surface area contributed by atoms with Crippen molar-refractivity contribution in [3.63, 3.8) is 0 Å². The normalized spacial score (nSPS) is 14.5. The van der Waals surface area contributed by atoms with E-state index in [-0.39, 0.29) is 0 Å². The minimum absolute atomic E-state index is 0.387. The number of hydrogen-bond acceptors (Lipinski definition) is 4. The maximum atomic E-state index is 5.12. The summed E-state index contributed by atoms with van der Waals surface area (Å²) >= 11 is 0. The number of aryl methyl sites for hydroxylation is 1. The van der Waals surface area contributed by atoms with Crippen LogP contribution in [0.1, 0.15) is 24.8 Å². The molecule has 162 valence electrons. The number of anilines is 2. The molecule has 0 bridgehead atoms. The van der Waals surface area contributed by atoms with Crippen LogP contribution in [0, 0.1) is 6.92 Å². The molecule has 2 aliphatic carbocycles. The van der Waals surface area contributed by atoms with Crippen LogP contribution in [0.15, 0.2) is 90.2 Å². The first-order valence-corrected chi connectivity index (χ1v) is 11.5. The smallest absolute Gasteiger partial charge is 0.0900 e. The quantitative estimate of drug-likeness (QED) is 0.354. The molecule has 0 unspecified atom stereocenters. The molecule has 0 saturated heterocycles. The zero-order valence-electron chi connectivity index (χ0n) is 18.6. The molecule has 1 fully saturated rings. The summed E-state index contributed by atoms with van der Waals surface area (Å²) < 4.78 is 2.30. The first-order valence-electron chi connectivity index (χ1n) is 11.5. The van der Waals surface area contributed by atoms with Crippen molar-refractivity contribution in [2.24, 2.45) is 4.99 Å². The fourth-order valence-electron chi connectivity index (χ4n) is 4.33. The summed E-state index contributed by atoms with van der Waals surface area (Å²) in [6.45, 7) is 2.11. The highest BCUT2D eigenvalue weighted by Crippen LogP contribution is 2.31. The molecule has 0 atom stereocenters. The monoisotopic (exact) mass is 431 g/mol. The number of fused-ring (bicyclic) bond motifs is 2. The molecule has 2 heterocycles. The molecule has 1 aliphatic heterocycles. The second-order valence-electron chi connectivity index (χ2n) is 8.71. The molecule has 5 heteroatoms. The molecule has 2 aromatic carbocycles. The number of nitrogens with zero attached hydrogens (tertiary/aromatic N) is 4. The van der Waals surface area contributed by atoms with E-state index in [9.17, 15) is 0 Å². The number of nitrogens with one attached hydrogen (secondary N) is 1. The molecule has 0 radical (unpaired) electrons. The molecule has 1 aromatic heterocycles. The van der Waals surface area contributed by atoms with Gasteiger partial charge in [-0.1, -0.05) is 29.8 Å². The summed E-state index contributed by atoms with van der Waals surface area (Å²) in [5.41, 5.74) is 8.27. The first kappa shape index (κ1) is 19.7. The van der Waals surface area contributed by atoms with Gasteiger partial charge in [0.2, 0.25) is 0 Å². The second kappa shape index (κ2) is 8.17. The average molecular weight is 432 g/mol. The van der Waals surface area contributed by atoms with Gasteiger partial charge in [0, 0.05) is 11.9 Å². The predicted molar refractivity (Wildman–Crippen MR) is 133 cm³/mol. The Morgan fingerprint density at radius 2 is 1.82 bits per heavy atom. The van der Waals surface area contributed by atoms with E-state index in [2.05, 4.69) is 76.4 Å². The lowest BCUT2D eigenvalue weighted by molar-refractivity contribution is 0.413. The molecule has 6 rings (SSSR count). The summed E-state index contributed by atoms with van der Waals surface area (Å²) in [4.78, 5) is 14.4. The highest BCUT2D eigenvalue weighted by Gasteiger charge is 2.19. The molecule has 3 aliphatic rings. The molecule has 1 saturated carbocycles. The van der Waals surface area contributed by atoms with Gasteiger partial charge < -0.3 is 9.88 Å². The standard InChI is InChI=1S/C28H25N5/c1-19-11-13-22(14-12-19)33-27-10-3-2-9-23(27)32-26-16-24(31-21-8-5-15-29-18-21)25(17-28(26)33)30-20-6-4-7-20/h2-3,5,8-18,20,31H,4,6-7H2,1H3. The van der Waals surface area contributed by atoms with E-state index in [1.165, 1.54) is 12.0 Å². The molecular weight excluding hydrogens is 406 g/mol. The lowest BCUT2D eigenvalue weighted by Crippen LogP contribution is -2.22. The summed E-state index contributed by atoms with van der Waals surface area (Å²) in [6.07, 6.45) is 7.17. The van der Waals surface area contributed by atoms with Crippen LogP contribution in [0.3, 0.4) is 0 Å². The Morgan fingerprint density at radius 3 is 2.58 bits per heavy atom. The van der Waals surface area contributed by atoms with Crippen molar-refractivity contribution in [2.45, 2.75) is 32.2 Å². The molecule has 0 amide bonds. The van der Waals surface area contributed by atoms with E-state index in [0.29, 0.717) is 6.04 Å². The van der Waals surface area contributed by atoms with Crippen LogP contribution < -0.4 is 10.7 Å². The third-order valence-corrected chi connectivity index (χ3v) is 6.33. The van der Waals surface area contributed by atoms with Crippen LogP contribution >= 0.6 is 0 Å². The first-order chi connectivity index (χ1) is 16.2. The molecule has 5 nitrogen and oxygen atoms in total. The minimum atomic E-state index is 0.387. The highest BCUT2D eigenvalue weighted by molar-refractivity contribution is 5.84. The van der Waals surface area contributed by atoms with Crippen molar-refractivity contribution in [1.82, 2.24) is 14.5 Å². The van der Waals surface area contributed by atoms with Gasteiger partial charge in [0.25, 0.3) is 0 Å². The van der Waals surface area contributed by atoms with Crippen molar-refractivity contribution >= 4 is 22.4 Å². The van der Waals surface area contributed by atoms with Gasteiger partial charge >= 0.3 is 0 Å². The van der Waals surface area contributed by atoms with Crippen LogP contribution in [0.5, 0.6) is 0 Å². The van der Waals surface area contributed by atoms with Crippen LogP contribution in [0.4, 0.5) is 11.4 Å². The van der Waals surface area contributed by atoms with E-state index in [0.717, 1.165) is 57.7 Å². The third-order valence-electron chi connectivity index (χ3n) is 6.33. The van der Waals surface area contributed by atoms with Gasteiger partial charge in [0.05, 0.1) is 51.4 Å². The van der Waals surface area contributed by atoms with Crippen molar-refractivity contribution < 1.29 is 0 Å². The van der Waals surface area contributed by atoms with Gasteiger partial charge in [-0.05, 0) is 74.7 Å². The van der Waals surface area contributed by atoms with Crippen molar-refractivity contribution in [2.75, 3.05) is 5.32 Å². The number of rotatable bonds is 4. The molecule has 33 heavy (non-hydrogen) atoms. The van der Waals surface area contributed by atoms with Gasteiger partial charge in [-0.3, -0.25) is 9.98 Å². The van der Waals surface area contributed by atoms with Gasteiger partial charge in [-0.15, -0.1) is 0 Å². The van der Waals surface area contributed by atoms with E-state index in [4.69, 9.17) is 9.98 Å². The fraction of sp³-hybridized carbons (Fsp3) is 0.179. The Balaban J connectivity index is 1.64. The summed E-state index contributed by atoms with van der Waals surface area (Å²) in [5, 5.41) is 4.49. The maximum Gasteiger partial charge on any atom is 0.0900 e. The van der Waals surface area contributed by atoms with Gasteiger partial charge in [0.15, 0.2) is 0 Å². The molecule has 0 spiro atoms. The van der Waals surface area contributed by atoms with Crippen molar-refractivity contribution in [3.8, 4) is 17.1 Å². The van der Waals surface area contributed by atoms with Crippen LogP contribution in [-0.2, 0) is 0 Å². The number of aromatic nitrogens is 3. The summed E-state index contributed by atoms with van der Waals surface area (Å²) in [7, 11) is 0. The SMILES string of the molecule is Cc1ccc(-n2c3cc(=NC4CCC4)c(Nc4cccnc4)cc-3nc3ccccc32)cc1. The Labute approximate surface area is 192 Å². The van der Waals surface area contributed by atoms with E-state index >= 15 is 0 Å². The highest BCUT2D eigenvalue weighted by atomic mass is 15.0. The molecular formula is C28H25N5. The second-order valence-corrected chi connectivity index (χ2v) is 8.71. The predicted octanol–water partition coefficient (Wildman–Crippen LogP) is 6.03. The number of benzene rings is 3. The van der Waals surface area contributed by atoms with Crippen molar-refractivity contribution in [1.29, 1.82) is 0 Å². The number of pyridine rings is 1.